The van der Waals surface area contributed by atoms with Crippen LogP contribution in [0.15, 0.2) is 59.0 Å². The fourth-order valence-electron chi connectivity index (χ4n) is 2.36. The van der Waals surface area contributed by atoms with Crippen LogP contribution in [0.1, 0.15) is 18.9 Å². The molecule has 0 saturated carbocycles. The van der Waals surface area contributed by atoms with E-state index in [2.05, 4.69) is 43.3 Å². The Labute approximate surface area is 107 Å². The van der Waals surface area contributed by atoms with Gasteiger partial charge in [-0.15, -0.1) is 0 Å². The molecule has 90 valence electrons. The lowest BCUT2D eigenvalue weighted by Crippen LogP contribution is -1.87. The van der Waals surface area contributed by atoms with Gasteiger partial charge in [0.2, 0.25) is 0 Å². The van der Waals surface area contributed by atoms with E-state index >= 15 is 0 Å². The molecule has 2 aromatic carbocycles. The lowest BCUT2D eigenvalue weighted by atomic mass is 10.0. The Morgan fingerprint density at radius 3 is 2.56 bits per heavy atom. The number of para-hydroxylation sites is 1. The van der Waals surface area contributed by atoms with Crippen molar-refractivity contribution in [1.29, 1.82) is 0 Å². The summed E-state index contributed by atoms with van der Waals surface area (Å²) in [5.41, 5.74) is 3.54. The first kappa shape index (κ1) is 11.1. The van der Waals surface area contributed by atoms with Gasteiger partial charge in [0.15, 0.2) is 0 Å². The summed E-state index contributed by atoms with van der Waals surface area (Å²) in [6, 6.07) is 18.8. The highest BCUT2D eigenvalue weighted by atomic mass is 16.3. The summed E-state index contributed by atoms with van der Waals surface area (Å²) in [5, 5.41) is 1.17. The molecule has 0 aliphatic heterocycles. The van der Waals surface area contributed by atoms with E-state index in [1.165, 1.54) is 16.5 Å². The normalized spacial score (nSPS) is 10.9. The Morgan fingerprint density at radius 1 is 0.944 bits per heavy atom. The van der Waals surface area contributed by atoms with Crippen LogP contribution in [0.4, 0.5) is 0 Å². The van der Waals surface area contributed by atoms with E-state index in [4.69, 9.17) is 4.42 Å². The largest absolute Gasteiger partial charge is 0.456 e. The van der Waals surface area contributed by atoms with E-state index in [0.29, 0.717) is 0 Å². The number of aryl methyl sites for hydroxylation is 1. The molecule has 0 spiro atoms. The Morgan fingerprint density at radius 2 is 1.72 bits per heavy atom. The summed E-state index contributed by atoms with van der Waals surface area (Å²) in [7, 11) is 0. The Hall–Kier alpha value is -2.02. The second kappa shape index (κ2) is 4.69. The first-order valence-corrected chi connectivity index (χ1v) is 6.45. The minimum Gasteiger partial charge on any atom is -0.456 e. The Bertz CT molecular complexity index is 631. The van der Waals surface area contributed by atoms with Gasteiger partial charge in [0.05, 0.1) is 0 Å². The van der Waals surface area contributed by atoms with E-state index in [1.54, 1.807) is 0 Å². The minimum atomic E-state index is 0.957. The van der Waals surface area contributed by atoms with Gasteiger partial charge in [-0.3, -0.25) is 0 Å². The van der Waals surface area contributed by atoms with Crippen molar-refractivity contribution >= 4 is 11.0 Å². The van der Waals surface area contributed by atoms with Gasteiger partial charge in [-0.2, -0.15) is 0 Å². The number of furan rings is 1. The summed E-state index contributed by atoms with van der Waals surface area (Å²) in [6.45, 7) is 2.20. The van der Waals surface area contributed by atoms with Crippen LogP contribution < -0.4 is 0 Å². The third kappa shape index (κ3) is 1.92. The molecule has 1 heteroatoms. The summed E-state index contributed by atoms with van der Waals surface area (Å²) in [6.07, 6.45) is 2.24. The van der Waals surface area contributed by atoms with Crippen LogP contribution in [0.2, 0.25) is 0 Å². The quantitative estimate of drug-likeness (QED) is 0.620. The van der Waals surface area contributed by atoms with Crippen molar-refractivity contribution in [1.82, 2.24) is 0 Å². The summed E-state index contributed by atoms with van der Waals surface area (Å²) in [5.74, 6) is 0.972. The minimum absolute atomic E-state index is 0.957. The molecule has 1 heterocycles. The monoisotopic (exact) mass is 236 g/mol. The van der Waals surface area contributed by atoms with Gasteiger partial charge in [-0.25, -0.2) is 0 Å². The topological polar surface area (TPSA) is 13.1 Å². The third-order valence-electron chi connectivity index (χ3n) is 3.23. The molecule has 0 amide bonds. The molecule has 0 aliphatic rings. The van der Waals surface area contributed by atoms with Crippen LogP contribution in [0.3, 0.4) is 0 Å². The first-order valence-electron chi connectivity index (χ1n) is 6.45. The Balaban J connectivity index is 2.13. The van der Waals surface area contributed by atoms with Gasteiger partial charge in [0.1, 0.15) is 11.3 Å². The molecule has 1 aromatic heterocycles. The summed E-state index contributed by atoms with van der Waals surface area (Å²) >= 11 is 0. The van der Waals surface area contributed by atoms with Crippen molar-refractivity contribution in [2.75, 3.05) is 0 Å². The van der Waals surface area contributed by atoms with Gasteiger partial charge in [0, 0.05) is 10.9 Å². The van der Waals surface area contributed by atoms with Gasteiger partial charge in [-0.1, -0.05) is 55.8 Å². The van der Waals surface area contributed by atoms with Gasteiger partial charge in [0.25, 0.3) is 0 Å². The zero-order valence-electron chi connectivity index (χ0n) is 10.5. The first-order chi connectivity index (χ1) is 8.88. The predicted octanol–water partition coefficient (Wildman–Crippen LogP) is 5.05. The molecule has 0 fully saturated rings. The second-order valence-electron chi connectivity index (χ2n) is 4.56. The van der Waals surface area contributed by atoms with Gasteiger partial charge < -0.3 is 4.42 Å². The highest BCUT2D eigenvalue weighted by Crippen LogP contribution is 2.30. The van der Waals surface area contributed by atoms with E-state index in [1.807, 2.05) is 18.2 Å². The van der Waals surface area contributed by atoms with Crippen molar-refractivity contribution in [3.05, 3.63) is 60.2 Å². The van der Waals surface area contributed by atoms with E-state index < -0.39 is 0 Å². The lowest BCUT2D eigenvalue weighted by Gasteiger charge is -2.05. The Kier molecular flexibility index (Phi) is 2.89. The van der Waals surface area contributed by atoms with Crippen LogP contribution >= 0.6 is 0 Å². The van der Waals surface area contributed by atoms with Crippen molar-refractivity contribution in [3.8, 4) is 11.3 Å². The molecule has 3 rings (SSSR count). The van der Waals surface area contributed by atoms with Crippen LogP contribution in [0, 0.1) is 0 Å². The molecule has 18 heavy (non-hydrogen) atoms. The molecule has 0 bridgehead atoms. The van der Waals surface area contributed by atoms with Crippen molar-refractivity contribution < 1.29 is 4.42 Å². The molecular formula is C17H16O. The smallest absolute Gasteiger partial charge is 0.135 e. The fourth-order valence-corrected chi connectivity index (χ4v) is 2.36. The van der Waals surface area contributed by atoms with Gasteiger partial charge >= 0.3 is 0 Å². The summed E-state index contributed by atoms with van der Waals surface area (Å²) in [4.78, 5) is 0. The molecule has 1 nitrogen and oxygen atoms in total. The molecular weight excluding hydrogens is 220 g/mol. The molecule has 0 saturated heterocycles. The van der Waals surface area contributed by atoms with Crippen LogP contribution in [-0.2, 0) is 6.42 Å². The molecule has 3 aromatic rings. The highest BCUT2D eigenvalue weighted by molar-refractivity contribution is 5.83. The number of benzene rings is 2. The van der Waals surface area contributed by atoms with Gasteiger partial charge in [-0.05, 0) is 24.1 Å². The predicted molar refractivity (Wildman–Crippen MR) is 75.6 cm³/mol. The van der Waals surface area contributed by atoms with Crippen LogP contribution in [0.25, 0.3) is 22.3 Å². The van der Waals surface area contributed by atoms with Crippen LogP contribution in [0.5, 0.6) is 0 Å². The maximum Gasteiger partial charge on any atom is 0.135 e. The lowest BCUT2D eigenvalue weighted by molar-refractivity contribution is 0.630. The standard InChI is InChI=1S/C17H16O/c1-2-7-13-8-3-5-10-15(13)17-12-14-9-4-6-11-16(14)18-17/h3-6,8-12H,2,7H2,1H3. The average molecular weight is 236 g/mol. The molecule has 0 unspecified atom stereocenters. The SMILES string of the molecule is CCCc1ccccc1-c1cc2ccccc2o1. The van der Waals surface area contributed by atoms with E-state index in [0.717, 1.165) is 24.2 Å². The number of hydrogen-bond donors (Lipinski definition) is 0. The molecule has 0 radical (unpaired) electrons. The second-order valence-corrected chi connectivity index (χ2v) is 4.56. The maximum atomic E-state index is 5.94. The van der Waals surface area contributed by atoms with Crippen molar-refractivity contribution in [3.63, 3.8) is 0 Å². The van der Waals surface area contributed by atoms with Crippen molar-refractivity contribution in [2.45, 2.75) is 19.8 Å². The summed E-state index contributed by atoms with van der Waals surface area (Å²) < 4.78 is 5.94. The number of rotatable bonds is 3. The zero-order chi connectivity index (χ0) is 12.4. The third-order valence-corrected chi connectivity index (χ3v) is 3.23. The zero-order valence-corrected chi connectivity index (χ0v) is 10.5. The van der Waals surface area contributed by atoms with Crippen LogP contribution in [-0.4, -0.2) is 0 Å². The molecule has 0 aliphatic carbocycles. The van der Waals surface area contributed by atoms with Crippen molar-refractivity contribution in [2.24, 2.45) is 0 Å². The fraction of sp³-hybridized carbons (Fsp3) is 0.176. The maximum absolute atomic E-state index is 5.94. The number of fused-ring (bicyclic) bond motifs is 1. The molecule has 0 atom stereocenters. The van der Waals surface area contributed by atoms with E-state index in [9.17, 15) is 0 Å². The molecule has 0 N–H and O–H groups in total. The number of hydrogen-bond acceptors (Lipinski definition) is 1. The van der Waals surface area contributed by atoms with E-state index in [-0.39, 0.29) is 0 Å². The highest BCUT2D eigenvalue weighted by Gasteiger charge is 2.09. The average Bonchev–Trinajstić information content (AvgIpc) is 2.83.